The monoisotopic (exact) mass is 386 g/mol. The zero-order valence-corrected chi connectivity index (χ0v) is 16.2. The van der Waals surface area contributed by atoms with E-state index in [2.05, 4.69) is 10.4 Å². The topological polar surface area (TPSA) is 51.7 Å². The summed E-state index contributed by atoms with van der Waals surface area (Å²) in [5, 5.41) is 4.97. The molecule has 1 aliphatic rings. The normalized spacial score (nSPS) is 12.4. The largest absolute Gasteiger partial charge is 0.454 e. The first-order valence-electron chi connectivity index (χ1n) is 8.33. The Kier molecular flexibility index (Phi) is 4.65. The van der Waals surface area contributed by atoms with Crippen molar-refractivity contribution in [3.05, 3.63) is 51.2 Å². The minimum Gasteiger partial charge on any atom is -0.454 e. The predicted octanol–water partition coefficient (Wildman–Crippen LogP) is 4.57. The summed E-state index contributed by atoms with van der Waals surface area (Å²) in [5.74, 6) is 1.50. The van der Waals surface area contributed by atoms with E-state index in [1.807, 2.05) is 48.4 Å². The minimum atomic E-state index is 0.0154. The molecule has 0 fully saturated rings. The standard InChI is InChI=1S/C19H18N2O3S2/c1-3-21(9-13-4-5-15-16(8-13)24-11-23-15)19(22)17-12(2)20-18(26-17)14-6-7-25-10-14/h4-8,10H,3,9,11H2,1-2H3. The van der Waals surface area contributed by atoms with Crippen LogP contribution in [0.1, 0.15) is 27.9 Å². The molecule has 0 unspecified atom stereocenters. The average molecular weight is 386 g/mol. The van der Waals surface area contributed by atoms with E-state index in [1.165, 1.54) is 11.3 Å². The van der Waals surface area contributed by atoms with Crippen LogP contribution >= 0.6 is 22.7 Å². The van der Waals surface area contributed by atoms with Gasteiger partial charge in [-0.15, -0.1) is 11.3 Å². The van der Waals surface area contributed by atoms with Crippen molar-refractivity contribution in [3.8, 4) is 22.1 Å². The van der Waals surface area contributed by atoms with Gasteiger partial charge in [0.2, 0.25) is 6.79 Å². The van der Waals surface area contributed by atoms with E-state index in [-0.39, 0.29) is 12.7 Å². The molecule has 134 valence electrons. The Morgan fingerprint density at radius 2 is 2.12 bits per heavy atom. The van der Waals surface area contributed by atoms with E-state index >= 15 is 0 Å². The molecule has 0 saturated carbocycles. The second-order valence-corrected chi connectivity index (χ2v) is 7.73. The van der Waals surface area contributed by atoms with E-state index < -0.39 is 0 Å². The van der Waals surface area contributed by atoms with Gasteiger partial charge in [-0.05, 0) is 43.0 Å². The van der Waals surface area contributed by atoms with Crippen LogP contribution in [0.25, 0.3) is 10.6 Å². The van der Waals surface area contributed by atoms with E-state index in [0.717, 1.165) is 33.3 Å². The van der Waals surface area contributed by atoms with Crippen LogP contribution < -0.4 is 9.47 Å². The summed E-state index contributed by atoms with van der Waals surface area (Å²) in [5.41, 5.74) is 2.87. The third kappa shape index (κ3) is 3.20. The number of hydrogen-bond acceptors (Lipinski definition) is 6. The quantitative estimate of drug-likeness (QED) is 0.644. The molecule has 0 bridgehead atoms. The van der Waals surface area contributed by atoms with Crippen LogP contribution in [0.15, 0.2) is 35.0 Å². The molecule has 0 aliphatic carbocycles. The fraction of sp³-hybridized carbons (Fsp3) is 0.263. The molecule has 0 saturated heterocycles. The molecule has 1 aliphatic heterocycles. The SMILES string of the molecule is CCN(Cc1ccc2c(c1)OCO2)C(=O)c1sc(-c2ccsc2)nc1C. The summed E-state index contributed by atoms with van der Waals surface area (Å²) in [4.78, 5) is 20.2. The van der Waals surface area contributed by atoms with Crippen LogP contribution in [0.4, 0.5) is 0 Å². The zero-order valence-electron chi connectivity index (χ0n) is 14.5. The lowest BCUT2D eigenvalue weighted by Gasteiger charge is -2.20. The molecule has 1 aromatic carbocycles. The minimum absolute atomic E-state index is 0.0154. The predicted molar refractivity (Wildman–Crippen MR) is 103 cm³/mol. The van der Waals surface area contributed by atoms with Gasteiger partial charge >= 0.3 is 0 Å². The smallest absolute Gasteiger partial charge is 0.266 e. The number of thiophene rings is 1. The Bertz CT molecular complexity index is 934. The lowest BCUT2D eigenvalue weighted by molar-refractivity contribution is 0.0756. The van der Waals surface area contributed by atoms with Gasteiger partial charge in [0.25, 0.3) is 5.91 Å². The number of nitrogens with zero attached hydrogens (tertiary/aromatic N) is 2. The molecule has 0 atom stereocenters. The average Bonchev–Trinajstić information content (AvgIpc) is 3.38. The maximum Gasteiger partial charge on any atom is 0.266 e. The number of fused-ring (bicyclic) bond motifs is 1. The fourth-order valence-corrected chi connectivity index (χ4v) is 4.58. The van der Waals surface area contributed by atoms with Gasteiger partial charge < -0.3 is 14.4 Å². The Hall–Kier alpha value is -2.38. The van der Waals surface area contributed by atoms with Crippen molar-refractivity contribution in [2.75, 3.05) is 13.3 Å². The number of aryl methyl sites for hydroxylation is 1. The Balaban J connectivity index is 1.56. The zero-order chi connectivity index (χ0) is 18.1. The van der Waals surface area contributed by atoms with Crippen molar-refractivity contribution < 1.29 is 14.3 Å². The highest BCUT2D eigenvalue weighted by atomic mass is 32.1. The number of amides is 1. The summed E-state index contributed by atoms with van der Waals surface area (Å²) in [7, 11) is 0. The number of aromatic nitrogens is 1. The number of hydrogen-bond donors (Lipinski definition) is 0. The molecule has 5 nitrogen and oxygen atoms in total. The number of ether oxygens (including phenoxy) is 2. The second-order valence-electron chi connectivity index (χ2n) is 5.95. The number of benzene rings is 1. The van der Waals surface area contributed by atoms with Crippen LogP contribution in [0, 0.1) is 6.92 Å². The summed E-state index contributed by atoms with van der Waals surface area (Å²) in [6.07, 6.45) is 0. The van der Waals surface area contributed by atoms with E-state index in [1.54, 1.807) is 11.3 Å². The summed E-state index contributed by atoms with van der Waals surface area (Å²) in [6, 6.07) is 7.83. The van der Waals surface area contributed by atoms with Gasteiger partial charge in [0, 0.05) is 24.0 Å². The van der Waals surface area contributed by atoms with Gasteiger partial charge in [0.05, 0.1) is 5.69 Å². The van der Waals surface area contributed by atoms with Crippen molar-refractivity contribution in [2.24, 2.45) is 0 Å². The molecule has 7 heteroatoms. The highest BCUT2D eigenvalue weighted by molar-refractivity contribution is 7.17. The molecule has 3 heterocycles. The molecule has 0 N–H and O–H groups in total. The molecule has 2 aromatic heterocycles. The lowest BCUT2D eigenvalue weighted by atomic mass is 10.2. The summed E-state index contributed by atoms with van der Waals surface area (Å²) < 4.78 is 10.8. The highest BCUT2D eigenvalue weighted by Gasteiger charge is 2.22. The Morgan fingerprint density at radius 3 is 2.88 bits per heavy atom. The van der Waals surface area contributed by atoms with Crippen LogP contribution in [-0.4, -0.2) is 29.1 Å². The van der Waals surface area contributed by atoms with Crippen molar-refractivity contribution in [1.29, 1.82) is 0 Å². The first-order valence-corrected chi connectivity index (χ1v) is 10.1. The molecule has 26 heavy (non-hydrogen) atoms. The Labute approximate surface area is 159 Å². The first kappa shape index (κ1) is 17.1. The molecular weight excluding hydrogens is 368 g/mol. The van der Waals surface area contributed by atoms with Gasteiger partial charge in [-0.3, -0.25) is 4.79 Å². The highest BCUT2D eigenvalue weighted by Crippen LogP contribution is 2.33. The fourth-order valence-electron chi connectivity index (χ4n) is 2.83. The lowest BCUT2D eigenvalue weighted by Crippen LogP contribution is -2.30. The van der Waals surface area contributed by atoms with Crippen LogP contribution in [0.5, 0.6) is 11.5 Å². The summed E-state index contributed by atoms with van der Waals surface area (Å²) in [6.45, 7) is 5.28. The van der Waals surface area contributed by atoms with Gasteiger partial charge in [-0.25, -0.2) is 4.98 Å². The summed E-state index contributed by atoms with van der Waals surface area (Å²) >= 11 is 3.09. The number of carbonyl (C=O) groups excluding carboxylic acids is 1. The number of rotatable bonds is 5. The third-order valence-corrected chi connectivity index (χ3v) is 6.12. The molecule has 3 aromatic rings. The van der Waals surface area contributed by atoms with Crippen molar-refractivity contribution in [2.45, 2.75) is 20.4 Å². The van der Waals surface area contributed by atoms with Crippen LogP contribution in [0.3, 0.4) is 0 Å². The van der Waals surface area contributed by atoms with Crippen LogP contribution in [0.2, 0.25) is 0 Å². The first-order chi connectivity index (χ1) is 12.7. The van der Waals surface area contributed by atoms with Gasteiger partial charge in [-0.2, -0.15) is 11.3 Å². The van der Waals surface area contributed by atoms with Crippen LogP contribution in [-0.2, 0) is 6.54 Å². The van der Waals surface area contributed by atoms with Gasteiger partial charge in [0.15, 0.2) is 11.5 Å². The van der Waals surface area contributed by atoms with Crippen molar-refractivity contribution in [3.63, 3.8) is 0 Å². The van der Waals surface area contributed by atoms with Crippen molar-refractivity contribution in [1.82, 2.24) is 9.88 Å². The molecule has 1 amide bonds. The maximum absolute atomic E-state index is 13.1. The third-order valence-electron chi connectivity index (χ3n) is 4.24. The number of carbonyl (C=O) groups is 1. The second kappa shape index (κ2) is 7.09. The molecule has 0 radical (unpaired) electrons. The van der Waals surface area contributed by atoms with E-state index in [9.17, 15) is 4.79 Å². The maximum atomic E-state index is 13.1. The molecule has 4 rings (SSSR count). The Morgan fingerprint density at radius 1 is 1.27 bits per heavy atom. The van der Waals surface area contributed by atoms with Gasteiger partial charge in [-0.1, -0.05) is 6.07 Å². The molecule has 0 spiro atoms. The van der Waals surface area contributed by atoms with E-state index in [0.29, 0.717) is 18.0 Å². The number of thiazole rings is 1. The molecular formula is C19H18N2O3S2. The van der Waals surface area contributed by atoms with Gasteiger partial charge in [0.1, 0.15) is 9.88 Å². The van der Waals surface area contributed by atoms with Crippen molar-refractivity contribution >= 4 is 28.6 Å². The van der Waals surface area contributed by atoms with E-state index in [4.69, 9.17) is 9.47 Å².